The maximum absolute atomic E-state index is 13.5. The molecule has 0 N–H and O–H groups in total. The van der Waals surface area contributed by atoms with Gasteiger partial charge in [-0.15, -0.1) is 0 Å². The van der Waals surface area contributed by atoms with Crippen molar-refractivity contribution in [1.82, 2.24) is 9.78 Å². The lowest BCUT2D eigenvalue weighted by Gasteiger charge is -2.11. The molecule has 1 aromatic heterocycles. The largest absolute Gasteiger partial charge is 0.488 e. The molecule has 0 bridgehead atoms. The molecular formula is C21H17ClFN3O3. The number of carbonyl (C=O) groups is 1. The molecule has 0 amide bonds. The van der Waals surface area contributed by atoms with Crippen LogP contribution in [0.1, 0.15) is 32.9 Å². The van der Waals surface area contributed by atoms with Crippen molar-refractivity contribution < 1.29 is 18.7 Å². The van der Waals surface area contributed by atoms with Gasteiger partial charge in [0.15, 0.2) is 0 Å². The highest BCUT2D eigenvalue weighted by Gasteiger charge is 2.18. The summed E-state index contributed by atoms with van der Waals surface area (Å²) in [7, 11) is 1.22. The van der Waals surface area contributed by atoms with Crippen LogP contribution < -0.4 is 4.74 Å². The van der Waals surface area contributed by atoms with Gasteiger partial charge in [-0.3, -0.25) is 0 Å². The fourth-order valence-electron chi connectivity index (χ4n) is 2.91. The van der Waals surface area contributed by atoms with E-state index in [-0.39, 0.29) is 17.9 Å². The fraction of sp³-hybridized carbons (Fsp3) is 0.190. The highest BCUT2D eigenvalue weighted by Crippen LogP contribution is 2.26. The summed E-state index contributed by atoms with van der Waals surface area (Å²) in [5.74, 6) is -1.03. The van der Waals surface area contributed by atoms with E-state index < -0.39 is 11.8 Å². The second-order valence-electron chi connectivity index (χ2n) is 6.26. The molecule has 0 radical (unpaired) electrons. The summed E-state index contributed by atoms with van der Waals surface area (Å²) in [6.07, 6.45) is 0. The van der Waals surface area contributed by atoms with E-state index in [0.29, 0.717) is 16.3 Å². The van der Waals surface area contributed by atoms with Crippen LogP contribution in [-0.2, 0) is 11.3 Å². The number of carbonyl (C=O) groups excluding carboxylic acids is 1. The molecule has 0 spiro atoms. The molecule has 29 heavy (non-hydrogen) atoms. The smallest absolute Gasteiger partial charge is 0.341 e. The molecule has 0 atom stereocenters. The van der Waals surface area contributed by atoms with Crippen molar-refractivity contribution in [3.63, 3.8) is 0 Å². The number of nitriles is 1. The molecule has 0 saturated carbocycles. The van der Waals surface area contributed by atoms with Crippen LogP contribution in [0.15, 0.2) is 36.4 Å². The Labute approximate surface area is 172 Å². The van der Waals surface area contributed by atoms with Gasteiger partial charge < -0.3 is 9.47 Å². The van der Waals surface area contributed by atoms with E-state index in [1.165, 1.54) is 19.2 Å². The second kappa shape index (κ2) is 8.33. The van der Waals surface area contributed by atoms with Gasteiger partial charge in [-0.05, 0) is 50.2 Å². The Balaban J connectivity index is 1.90. The number of hydrogen-bond acceptors (Lipinski definition) is 5. The fourth-order valence-corrected chi connectivity index (χ4v) is 3.13. The Morgan fingerprint density at radius 2 is 2.03 bits per heavy atom. The van der Waals surface area contributed by atoms with Crippen molar-refractivity contribution in [3.8, 4) is 17.5 Å². The number of esters is 1. The highest BCUT2D eigenvalue weighted by molar-refractivity contribution is 6.31. The summed E-state index contributed by atoms with van der Waals surface area (Å²) in [6.45, 7) is 3.83. The zero-order valence-electron chi connectivity index (χ0n) is 16.0. The van der Waals surface area contributed by atoms with Gasteiger partial charge in [0.2, 0.25) is 0 Å². The Morgan fingerprint density at radius 1 is 1.28 bits per heavy atom. The minimum Gasteiger partial charge on any atom is -0.488 e. The Morgan fingerprint density at radius 3 is 2.69 bits per heavy atom. The van der Waals surface area contributed by atoms with Crippen LogP contribution in [0.25, 0.3) is 5.69 Å². The number of rotatable bonds is 5. The van der Waals surface area contributed by atoms with Crippen molar-refractivity contribution in [2.45, 2.75) is 20.5 Å². The number of halogens is 2. The van der Waals surface area contributed by atoms with Gasteiger partial charge >= 0.3 is 5.97 Å². The van der Waals surface area contributed by atoms with Gasteiger partial charge in [-0.25, -0.2) is 13.9 Å². The Bertz CT molecular complexity index is 1130. The first-order valence-corrected chi connectivity index (χ1v) is 8.99. The van der Waals surface area contributed by atoms with Gasteiger partial charge in [-0.2, -0.15) is 10.4 Å². The first-order valence-electron chi connectivity index (χ1n) is 8.61. The first kappa shape index (κ1) is 20.4. The zero-order valence-corrected chi connectivity index (χ0v) is 16.7. The lowest BCUT2D eigenvalue weighted by molar-refractivity contribution is 0.0595. The van der Waals surface area contributed by atoms with Crippen molar-refractivity contribution in [2.24, 2.45) is 0 Å². The topological polar surface area (TPSA) is 77.1 Å². The molecule has 1 heterocycles. The summed E-state index contributed by atoms with van der Waals surface area (Å²) < 4.78 is 25.7. The third-order valence-corrected chi connectivity index (χ3v) is 4.79. The van der Waals surface area contributed by atoms with E-state index in [2.05, 4.69) is 9.84 Å². The summed E-state index contributed by atoms with van der Waals surface area (Å²) in [5.41, 5.74) is 3.44. The maximum atomic E-state index is 13.5. The van der Waals surface area contributed by atoms with Crippen LogP contribution in [0.5, 0.6) is 5.75 Å². The maximum Gasteiger partial charge on any atom is 0.341 e. The van der Waals surface area contributed by atoms with Crippen molar-refractivity contribution in [3.05, 3.63) is 75.3 Å². The van der Waals surface area contributed by atoms with Gasteiger partial charge in [0.25, 0.3) is 0 Å². The lowest BCUT2D eigenvalue weighted by Crippen LogP contribution is -2.07. The third kappa shape index (κ3) is 4.08. The van der Waals surface area contributed by atoms with E-state index in [0.717, 1.165) is 23.0 Å². The molecular weight excluding hydrogens is 397 g/mol. The normalized spacial score (nSPS) is 10.5. The molecule has 0 unspecified atom stereocenters. The number of aryl methyl sites for hydroxylation is 1. The summed E-state index contributed by atoms with van der Waals surface area (Å²) >= 11 is 6.13. The average molecular weight is 414 g/mol. The van der Waals surface area contributed by atoms with Crippen LogP contribution in [0.4, 0.5) is 4.39 Å². The predicted octanol–water partition coefficient (Wildman–Crippen LogP) is 4.52. The minimum atomic E-state index is -0.684. The molecule has 8 heteroatoms. The van der Waals surface area contributed by atoms with Gasteiger partial charge in [-0.1, -0.05) is 11.6 Å². The quantitative estimate of drug-likeness (QED) is 0.575. The molecule has 0 saturated heterocycles. The molecule has 0 aliphatic rings. The highest BCUT2D eigenvalue weighted by atomic mass is 35.5. The van der Waals surface area contributed by atoms with Gasteiger partial charge in [0.05, 0.1) is 29.1 Å². The SMILES string of the molecule is COC(=O)c1cc(F)ccc1OCc1c(C)nn(-c2ccc(C#N)c(Cl)c2)c1C. The van der Waals surface area contributed by atoms with Crippen LogP contribution >= 0.6 is 11.6 Å². The zero-order chi connectivity index (χ0) is 21.1. The van der Waals surface area contributed by atoms with Crippen LogP contribution in [0.3, 0.4) is 0 Å². The van der Waals surface area contributed by atoms with Crippen LogP contribution in [0, 0.1) is 31.0 Å². The molecule has 2 aromatic carbocycles. The first-order chi connectivity index (χ1) is 13.8. The van der Waals surface area contributed by atoms with Crippen LogP contribution in [-0.4, -0.2) is 22.9 Å². The predicted molar refractivity (Wildman–Crippen MR) is 105 cm³/mol. The lowest BCUT2D eigenvalue weighted by atomic mass is 10.2. The number of aromatic nitrogens is 2. The van der Waals surface area contributed by atoms with E-state index in [9.17, 15) is 9.18 Å². The van der Waals surface area contributed by atoms with Gasteiger partial charge in [0.1, 0.15) is 29.8 Å². The molecule has 3 aromatic rings. The second-order valence-corrected chi connectivity index (χ2v) is 6.67. The van der Waals surface area contributed by atoms with Crippen molar-refractivity contribution in [1.29, 1.82) is 5.26 Å². The molecule has 0 aliphatic carbocycles. The summed E-state index contributed by atoms with van der Waals surface area (Å²) in [6, 6.07) is 10.7. The molecule has 6 nitrogen and oxygen atoms in total. The van der Waals surface area contributed by atoms with E-state index >= 15 is 0 Å². The van der Waals surface area contributed by atoms with Crippen LogP contribution in [0.2, 0.25) is 5.02 Å². The number of nitrogens with zero attached hydrogens (tertiary/aromatic N) is 3. The standard InChI is InChI=1S/C21H17ClFN3O3/c1-12-18(11-29-20-7-5-15(23)8-17(20)21(27)28-3)13(2)26(25-12)16-6-4-14(10-24)19(22)9-16/h4-9H,11H2,1-3H3. The molecule has 0 fully saturated rings. The van der Waals surface area contributed by atoms with Crippen molar-refractivity contribution >= 4 is 17.6 Å². The van der Waals surface area contributed by atoms with E-state index in [4.69, 9.17) is 21.6 Å². The molecule has 148 valence electrons. The minimum absolute atomic E-state index is 0.00840. The number of methoxy groups -OCH3 is 1. The summed E-state index contributed by atoms with van der Waals surface area (Å²) in [4.78, 5) is 11.9. The van der Waals surface area contributed by atoms with E-state index in [1.54, 1.807) is 22.9 Å². The Hall–Kier alpha value is -3.37. The average Bonchev–Trinajstić information content (AvgIpc) is 3.00. The van der Waals surface area contributed by atoms with Crippen molar-refractivity contribution in [2.75, 3.05) is 7.11 Å². The molecule has 0 aliphatic heterocycles. The molecule has 3 rings (SSSR count). The van der Waals surface area contributed by atoms with Gasteiger partial charge in [0, 0.05) is 11.3 Å². The third-order valence-electron chi connectivity index (χ3n) is 4.48. The number of hydrogen-bond donors (Lipinski definition) is 0. The summed E-state index contributed by atoms with van der Waals surface area (Å²) in [5, 5.41) is 13.9. The monoisotopic (exact) mass is 413 g/mol. The van der Waals surface area contributed by atoms with E-state index in [1.807, 2.05) is 19.9 Å². The Kier molecular flexibility index (Phi) is 5.85. The number of benzene rings is 2. The number of ether oxygens (including phenoxy) is 2.